The van der Waals surface area contributed by atoms with Gasteiger partial charge in [0.1, 0.15) is 0 Å². The Hall–Kier alpha value is -2.96. The Morgan fingerprint density at radius 3 is 2.26 bits per heavy atom. The zero-order valence-electron chi connectivity index (χ0n) is 16.2. The molecule has 1 aliphatic rings. The quantitative estimate of drug-likeness (QED) is 0.738. The molecule has 1 aliphatic heterocycles. The van der Waals surface area contributed by atoms with Crippen LogP contribution in [0, 0.1) is 0 Å². The minimum atomic E-state index is -0.849. The van der Waals surface area contributed by atoms with Gasteiger partial charge in [0, 0.05) is 17.0 Å². The number of methoxy groups -OCH3 is 1. The van der Waals surface area contributed by atoms with Gasteiger partial charge >= 0.3 is 11.9 Å². The molecule has 0 saturated heterocycles. The van der Waals surface area contributed by atoms with Crippen molar-refractivity contribution in [2.24, 2.45) is 0 Å². The van der Waals surface area contributed by atoms with Crippen LogP contribution in [0.3, 0.4) is 0 Å². The van der Waals surface area contributed by atoms with Gasteiger partial charge in [-0.3, -0.25) is 0 Å². The lowest BCUT2D eigenvalue weighted by atomic mass is 9.80. The van der Waals surface area contributed by atoms with Gasteiger partial charge in [0.2, 0.25) is 0 Å². The van der Waals surface area contributed by atoms with Gasteiger partial charge in [-0.1, -0.05) is 12.1 Å². The van der Waals surface area contributed by atoms with Crippen LogP contribution in [0.5, 0.6) is 11.5 Å². The number of allylic oxidation sites excluding steroid dienone is 2. The summed E-state index contributed by atoms with van der Waals surface area (Å²) in [6, 6.07) is 4.97. The summed E-state index contributed by atoms with van der Waals surface area (Å²) >= 11 is 0. The monoisotopic (exact) mass is 375 g/mol. The lowest BCUT2D eigenvalue weighted by Gasteiger charge is -2.30. The Balaban J connectivity index is 2.73. The number of dihydropyridines is 1. The Bertz CT molecular complexity index is 809. The normalized spacial score (nSPS) is 16.7. The van der Waals surface area contributed by atoms with Crippen LogP contribution in [0.25, 0.3) is 0 Å². The molecule has 7 heteroatoms. The molecule has 7 nitrogen and oxygen atoms in total. The second kappa shape index (κ2) is 8.62. The predicted octanol–water partition coefficient (Wildman–Crippen LogP) is 2.76. The number of esters is 2. The van der Waals surface area contributed by atoms with Gasteiger partial charge in [-0.2, -0.15) is 0 Å². The average Bonchev–Trinajstić information content (AvgIpc) is 2.62. The van der Waals surface area contributed by atoms with Crippen molar-refractivity contribution < 1.29 is 28.9 Å². The molecule has 0 amide bonds. The van der Waals surface area contributed by atoms with Crippen LogP contribution < -0.4 is 10.1 Å². The lowest BCUT2D eigenvalue weighted by Crippen LogP contribution is -2.32. The van der Waals surface area contributed by atoms with Crippen LogP contribution in [-0.4, -0.2) is 37.4 Å². The van der Waals surface area contributed by atoms with E-state index in [4.69, 9.17) is 14.2 Å². The highest BCUT2D eigenvalue weighted by Crippen LogP contribution is 2.45. The Morgan fingerprint density at radius 1 is 1.07 bits per heavy atom. The van der Waals surface area contributed by atoms with Gasteiger partial charge in [-0.25, -0.2) is 9.59 Å². The van der Waals surface area contributed by atoms with Crippen molar-refractivity contribution in [1.29, 1.82) is 0 Å². The van der Waals surface area contributed by atoms with Crippen LogP contribution in [-0.2, 0) is 19.1 Å². The molecule has 0 saturated carbocycles. The average molecular weight is 375 g/mol. The number of carbonyl (C=O) groups is 2. The third kappa shape index (κ3) is 3.92. The fourth-order valence-electron chi connectivity index (χ4n) is 3.21. The number of nitrogens with one attached hydrogen (secondary N) is 1. The predicted molar refractivity (Wildman–Crippen MR) is 99.2 cm³/mol. The van der Waals surface area contributed by atoms with Crippen molar-refractivity contribution in [3.05, 3.63) is 46.3 Å². The van der Waals surface area contributed by atoms with Crippen molar-refractivity contribution in [2.45, 2.75) is 33.6 Å². The first-order valence-electron chi connectivity index (χ1n) is 8.75. The van der Waals surface area contributed by atoms with Gasteiger partial charge in [0.15, 0.2) is 11.5 Å². The molecule has 146 valence electrons. The van der Waals surface area contributed by atoms with E-state index in [0.717, 1.165) is 0 Å². The summed E-state index contributed by atoms with van der Waals surface area (Å²) in [7, 11) is 1.27. The van der Waals surface area contributed by atoms with Crippen LogP contribution in [0.1, 0.15) is 39.2 Å². The molecule has 1 unspecified atom stereocenters. The SMILES string of the molecule is CCOC(=O)C1=C(C)NC(C)=C(C(=O)OC)C1c1cccc(OCC)c1O. The molecular formula is C20H25NO6. The highest BCUT2D eigenvalue weighted by Gasteiger charge is 2.39. The first kappa shape index (κ1) is 20.4. The van der Waals surface area contributed by atoms with Gasteiger partial charge in [-0.15, -0.1) is 0 Å². The van der Waals surface area contributed by atoms with Crippen molar-refractivity contribution >= 4 is 11.9 Å². The minimum Gasteiger partial charge on any atom is -0.504 e. The standard InChI is InChI=1S/C20H25NO6/c1-6-26-14-10-8-9-13(18(14)22)17-15(19(23)25-5)11(3)21-12(4)16(17)20(24)27-7-2/h8-10,17,21-22H,6-7H2,1-5H3. The number of hydrogen-bond acceptors (Lipinski definition) is 7. The van der Waals surface area contributed by atoms with Crippen molar-refractivity contribution in [3.8, 4) is 11.5 Å². The van der Waals surface area contributed by atoms with Gasteiger partial charge in [0.05, 0.1) is 37.4 Å². The molecule has 0 aromatic heterocycles. The van der Waals surface area contributed by atoms with Gasteiger partial charge in [0.25, 0.3) is 0 Å². The van der Waals surface area contributed by atoms with E-state index in [0.29, 0.717) is 23.6 Å². The third-order valence-electron chi connectivity index (χ3n) is 4.30. The number of phenolic OH excluding ortho intramolecular Hbond substituents is 1. The Labute approximate surface area is 158 Å². The maximum absolute atomic E-state index is 12.7. The van der Waals surface area contributed by atoms with Crippen LogP contribution >= 0.6 is 0 Å². The van der Waals surface area contributed by atoms with E-state index in [-0.39, 0.29) is 29.3 Å². The summed E-state index contributed by atoms with van der Waals surface area (Å²) in [5.74, 6) is -1.87. The summed E-state index contributed by atoms with van der Waals surface area (Å²) in [5, 5.41) is 13.8. The van der Waals surface area contributed by atoms with E-state index >= 15 is 0 Å². The van der Waals surface area contributed by atoms with Crippen molar-refractivity contribution in [1.82, 2.24) is 5.32 Å². The number of rotatable bonds is 6. The zero-order valence-corrected chi connectivity index (χ0v) is 16.2. The molecule has 0 spiro atoms. The Kier molecular flexibility index (Phi) is 6.50. The minimum absolute atomic E-state index is 0.130. The molecule has 2 rings (SSSR count). The Morgan fingerprint density at radius 2 is 1.70 bits per heavy atom. The fraction of sp³-hybridized carbons (Fsp3) is 0.400. The number of ether oxygens (including phenoxy) is 3. The highest BCUT2D eigenvalue weighted by atomic mass is 16.5. The van der Waals surface area contributed by atoms with Gasteiger partial charge in [-0.05, 0) is 33.8 Å². The first-order chi connectivity index (χ1) is 12.9. The summed E-state index contributed by atoms with van der Waals surface area (Å²) in [5.41, 5.74) is 1.93. The van der Waals surface area contributed by atoms with E-state index in [2.05, 4.69) is 5.32 Å². The molecule has 0 radical (unpaired) electrons. The molecule has 1 aromatic rings. The van der Waals surface area contributed by atoms with Crippen molar-refractivity contribution in [3.63, 3.8) is 0 Å². The van der Waals surface area contributed by atoms with Crippen LogP contribution in [0.4, 0.5) is 0 Å². The summed E-state index contributed by atoms with van der Waals surface area (Å²) in [6.45, 7) is 7.49. The molecule has 1 atom stereocenters. The van der Waals surface area contributed by atoms with Gasteiger partial charge < -0.3 is 24.6 Å². The smallest absolute Gasteiger partial charge is 0.336 e. The molecule has 27 heavy (non-hydrogen) atoms. The molecule has 1 heterocycles. The van der Waals surface area contributed by atoms with Crippen LogP contribution in [0.2, 0.25) is 0 Å². The number of hydrogen-bond donors (Lipinski definition) is 2. The zero-order chi connectivity index (χ0) is 20.1. The molecule has 2 N–H and O–H groups in total. The van der Waals surface area contributed by atoms with E-state index in [1.165, 1.54) is 7.11 Å². The number of benzene rings is 1. The van der Waals surface area contributed by atoms with E-state index in [9.17, 15) is 14.7 Å². The first-order valence-corrected chi connectivity index (χ1v) is 8.75. The fourth-order valence-corrected chi connectivity index (χ4v) is 3.21. The third-order valence-corrected chi connectivity index (χ3v) is 4.30. The second-order valence-corrected chi connectivity index (χ2v) is 5.97. The maximum atomic E-state index is 12.7. The second-order valence-electron chi connectivity index (χ2n) is 5.97. The van der Waals surface area contributed by atoms with Crippen molar-refractivity contribution in [2.75, 3.05) is 20.3 Å². The van der Waals surface area contributed by atoms with E-state index in [1.54, 1.807) is 45.9 Å². The summed E-state index contributed by atoms with van der Waals surface area (Å²) in [4.78, 5) is 25.2. The molecule has 1 aromatic carbocycles. The molecule has 0 bridgehead atoms. The largest absolute Gasteiger partial charge is 0.504 e. The summed E-state index contributed by atoms with van der Waals surface area (Å²) < 4.78 is 15.6. The number of carbonyl (C=O) groups excluding carboxylic acids is 2. The number of para-hydroxylation sites is 1. The van der Waals surface area contributed by atoms with E-state index in [1.807, 2.05) is 0 Å². The molecule has 0 fully saturated rings. The number of phenols is 1. The molecule has 0 aliphatic carbocycles. The highest BCUT2D eigenvalue weighted by molar-refractivity contribution is 6.00. The number of aromatic hydroxyl groups is 1. The van der Waals surface area contributed by atoms with Crippen LogP contribution in [0.15, 0.2) is 40.7 Å². The molecular weight excluding hydrogens is 350 g/mol. The summed E-state index contributed by atoms with van der Waals surface area (Å²) in [6.07, 6.45) is 0. The van der Waals surface area contributed by atoms with E-state index < -0.39 is 17.9 Å². The lowest BCUT2D eigenvalue weighted by molar-refractivity contribution is -0.139. The maximum Gasteiger partial charge on any atom is 0.336 e. The topological polar surface area (TPSA) is 94.1 Å².